The Morgan fingerprint density at radius 1 is 1.29 bits per heavy atom. The van der Waals surface area contributed by atoms with Crippen LogP contribution in [-0.4, -0.2) is 19.8 Å². The van der Waals surface area contributed by atoms with Crippen LogP contribution >= 0.6 is 0 Å². The summed E-state index contributed by atoms with van der Waals surface area (Å²) in [6.45, 7) is 10.9. The van der Waals surface area contributed by atoms with Crippen molar-refractivity contribution in [3.63, 3.8) is 0 Å². The molecule has 17 heavy (non-hydrogen) atoms. The number of ether oxygens (including phenoxy) is 2. The normalized spacial score (nSPS) is 10.0. The molecule has 1 aromatic rings. The topological polar surface area (TPSA) is 35.1 Å². The highest BCUT2D eigenvalue weighted by molar-refractivity contribution is 5.46. The molecule has 0 saturated carbocycles. The maximum atomic E-state index is 5.70. The van der Waals surface area contributed by atoms with Crippen molar-refractivity contribution in [3.8, 4) is 11.5 Å². The van der Waals surface area contributed by atoms with Gasteiger partial charge >= 0.3 is 0 Å². The van der Waals surface area contributed by atoms with E-state index >= 15 is 0 Å². The minimum absolute atomic E-state index is 0.503. The third kappa shape index (κ3) is 4.11. The Hall–Kier alpha value is -1.48. The highest BCUT2D eigenvalue weighted by atomic mass is 16.5. The van der Waals surface area contributed by atoms with Gasteiger partial charge in [-0.2, -0.15) is 0 Å². The Bertz CT molecular complexity index is 350. The van der Waals surface area contributed by atoms with Gasteiger partial charge in [0.15, 0.2) is 11.5 Å². The van der Waals surface area contributed by atoms with Crippen LogP contribution in [0.4, 0.5) is 0 Å². The van der Waals surface area contributed by atoms with Crippen molar-refractivity contribution in [2.75, 3.05) is 19.8 Å². The van der Waals surface area contributed by atoms with Gasteiger partial charge in [-0.05, 0) is 26.0 Å². The minimum atomic E-state index is 0.503. The summed E-state index contributed by atoms with van der Waals surface area (Å²) in [6.07, 6.45) is 1.75. The van der Waals surface area contributed by atoms with Gasteiger partial charge in [0.05, 0.1) is 18.7 Å². The molecule has 1 rings (SSSR count). The van der Waals surface area contributed by atoms with Crippen LogP contribution in [0.25, 0.3) is 0 Å². The van der Waals surface area contributed by atoms with Crippen LogP contribution in [0.2, 0.25) is 0 Å². The summed E-state index contributed by atoms with van der Waals surface area (Å²) in [7, 11) is 0. The number of hydrogen-bond donors (Lipinski definition) is 1. The van der Waals surface area contributed by atoms with Crippen LogP contribution in [0.1, 0.15) is 19.4 Å². The molecule has 0 heterocycles. The third-order valence-electron chi connectivity index (χ3n) is 2.36. The number of rotatable bonds is 8. The van der Waals surface area contributed by atoms with Gasteiger partial charge in [-0.1, -0.05) is 18.7 Å². The second-order valence-corrected chi connectivity index (χ2v) is 3.68. The molecular weight excluding hydrogens is 214 g/mol. The van der Waals surface area contributed by atoms with Crippen LogP contribution in [0.15, 0.2) is 30.9 Å². The molecule has 0 aliphatic carbocycles. The van der Waals surface area contributed by atoms with Gasteiger partial charge in [0.1, 0.15) is 13.2 Å². The van der Waals surface area contributed by atoms with Gasteiger partial charge in [-0.15, -0.1) is 0 Å². The van der Waals surface area contributed by atoms with E-state index in [2.05, 4.69) is 24.9 Å². The molecule has 0 aromatic heterocycles. The standard InChI is InChI=1S/C14H21NO2/c1-4-10-17-14-12(11-15-5-2)8-7-9-13(14)16-6-3/h4,7-9,15H,1,5-6,10-11H2,2-3H3/p+1. The molecule has 2 N–H and O–H groups in total. The van der Waals surface area contributed by atoms with Crippen LogP contribution in [0.5, 0.6) is 11.5 Å². The van der Waals surface area contributed by atoms with Crippen molar-refractivity contribution in [3.05, 3.63) is 36.4 Å². The molecule has 3 heteroatoms. The van der Waals surface area contributed by atoms with Gasteiger partial charge in [-0.25, -0.2) is 0 Å². The first-order valence-corrected chi connectivity index (χ1v) is 6.13. The Morgan fingerprint density at radius 3 is 2.76 bits per heavy atom. The molecule has 0 spiro atoms. The van der Waals surface area contributed by atoms with E-state index in [0.29, 0.717) is 13.2 Å². The van der Waals surface area contributed by atoms with Crippen LogP contribution in [-0.2, 0) is 6.54 Å². The molecule has 0 fully saturated rings. The number of benzene rings is 1. The SMILES string of the molecule is C=CCOc1c(C[NH2+]CC)cccc1OCC. The molecule has 0 amide bonds. The zero-order valence-electron chi connectivity index (χ0n) is 10.7. The van der Waals surface area contributed by atoms with Crippen LogP contribution in [0.3, 0.4) is 0 Å². The molecule has 0 aliphatic rings. The number of quaternary nitrogens is 1. The summed E-state index contributed by atoms with van der Waals surface area (Å²) in [4.78, 5) is 0. The van der Waals surface area contributed by atoms with Gasteiger partial charge < -0.3 is 14.8 Å². The summed E-state index contributed by atoms with van der Waals surface area (Å²) >= 11 is 0. The van der Waals surface area contributed by atoms with E-state index in [4.69, 9.17) is 9.47 Å². The van der Waals surface area contributed by atoms with E-state index in [1.807, 2.05) is 19.1 Å². The zero-order valence-corrected chi connectivity index (χ0v) is 10.7. The molecule has 0 radical (unpaired) electrons. The van der Waals surface area contributed by atoms with E-state index in [-0.39, 0.29) is 0 Å². The summed E-state index contributed by atoms with van der Waals surface area (Å²) in [6, 6.07) is 6.02. The van der Waals surface area contributed by atoms with Gasteiger partial charge in [0.2, 0.25) is 0 Å². The molecule has 0 aliphatic heterocycles. The fourth-order valence-electron chi connectivity index (χ4n) is 1.60. The molecule has 1 aromatic carbocycles. The van der Waals surface area contributed by atoms with Gasteiger partial charge in [-0.3, -0.25) is 0 Å². The second kappa shape index (κ2) is 7.74. The van der Waals surface area contributed by atoms with Gasteiger partial charge in [0.25, 0.3) is 0 Å². The summed E-state index contributed by atoms with van der Waals surface area (Å²) in [5, 5.41) is 2.23. The van der Waals surface area contributed by atoms with E-state index in [1.165, 1.54) is 5.56 Å². The minimum Gasteiger partial charge on any atom is -0.490 e. The van der Waals surface area contributed by atoms with Crippen molar-refractivity contribution in [2.24, 2.45) is 0 Å². The van der Waals surface area contributed by atoms with Gasteiger partial charge in [0, 0.05) is 0 Å². The molecule has 0 bridgehead atoms. The lowest BCUT2D eigenvalue weighted by Crippen LogP contribution is -2.81. The number of hydrogen-bond acceptors (Lipinski definition) is 2. The smallest absolute Gasteiger partial charge is 0.170 e. The first-order valence-electron chi connectivity index (χ1n) is 6.13. The fourth-order valence-corrected chi connectivity index (χ4v) is 1.60. The molecule has 94 valence electrons. The van der Waals surface area contributed by atoms with E-state index in [9.17, 15) is 0 Å². The first-order chi connectivity index (χ1) is 8.33. The zero-order chi connectivity index (χ0) is 12.5. The Balaban J connectivity index is 2.91. The average molecular weight is 236 g/mol. The molecule has 0 saturated heterocycles. The van der Waals surface area contributed by atoms with E-state index < -0.39 is 0 Å². The molecule has 0 atom stereocenters. The largest absolute Gasteiger partial charge is 0.490 e. The van der Waals surface area contributed by atoms with E-state index in [1.54, 1.807) is 6.08 Å². The molecular formula is C14H22NO2+. The number of nitrogens with two attached hydrogens (primary N) is 1. The highest BCUT2D eigenvalue weighted by Crippen LogP contribution is 2.30. The Labute approximate surface area is 103 Å². The van der Waals surface area contributed by atoms with E-state index in [0.717, 1.165) is 24.6 Å². The summed E-state index contributed by atoms with van der Waals surface area (Å²) in [5.41, 5.74) is 1.17. The predicted octanol–water partition coefficient (Wildman–Crippen LogP) is 1.73. The average Bonchev–Trinajstić information content (AvgIpc) is 2.35. The highest BCUT2D eigenvalue weighted by Gasteiger charge is 2.11. The third-order valence-corrected chi connectivity index (χ3v) is 2.36. The molecule has 0 unspecified atom stereocenters. The first kappa shape index (κ1) is 13.6. The van der Waals surface area contributed by atoms with Crippen LogP contribution in [0, 0.1) is 0 Å². The second-order valence-electron chi connectivity index (χ2n) is 3.68. The fraction of sp³-hybridized carbons (Fsp3) is 0.429. The maximum Gasteiger partial charge on any atom is 0.170 e. The van der Waals surface area contributed by atoms with Crippen molar-refractivity contribution in [1.29, 1.82) is 0 Å². The predicted molar refractivity (Wildman–Crippen MR) is 69.5 cm³/mol. The Morgan fingerprint density at radius 2 is 2.12 bits per heavy atom. The number of para-hydroxylation sites is 1. The monoisotopic (exact) mass is 236 g/mol. The summed E-state index contributed by atoms with van der Waals surface area (Å²) in [5.74, 6) is 1.66. The Kier molecular flexibility index (Phi) is 6.18. The lowest BCUT2D eigenvalue weighted by molar-refractivity contribution is -0.667. The quantitative estimate of drug-likeness (QED) is 0.698. The lowest BCUT2D eigenvalue weighted by atomic mass is 10.2. The maximum absolute atomic E-state index is 5.70. The summed E-state index contributed by atoms with van der Waals surface area (Å²) < 4.78 is 11.3. The molecule has 3 nitrogen and oxygen atoms in total. The van der Waals surface area contributed by atoms with Crippen LogP contribution < -0.4 is 14.8 Å². The van der Waals surface area contributed by atoms with Crippen molar-refractivity contribution in [2.45, 2.75) is 20.4 Å². The van der Waals surface area contributed by atoms with Crippen molar-refractivity contribution in [1.82, 2.24) is 0 Å². The lowest BCUT2D eigenvalue weighted by Gasteiger charge is -2.14. The van der Waals surface area contributed by atoms with Crippen molar-refractivity contribution >= 4 is 0 Å². The van der Waals surface area contributed by atoms with Crippen molar-refractivity contribution < 1.29 is 14.8 Å².